The number of likely N-dealkylation sites (N-methyl/N-ethyl adjacent to an activating group) is 1. The van der Waals surface area contributed by atoms with Crippen molar-refractivity contribution in [1.29, 1.82) is 0 Å². The summed E-state index contributed by atoms with van der Waals surface area (Å²) in [5.41, 5.74) is -1.58. The van der Waals surface area contributed by atoms with Gasteiger partial charge in [0.15, 0.2) is 0 Å². The fourth-order valence-electron chi connectivity index (χ4n) is 3.28. The fourth-order valence-corrected chi connectivity index (χ4v) is 3.28. The molecule has 1 N–H and O–H groups in total. The van der Waals surface area contributed by atoms with Crippen molar-refractivity contribution in [2.45, 2.75) is 32.0 Å². The predicted octanol–water partition coefficient (Wildman–Crippen LogP) is 3.05. The molecule has 7 nitrogen and oxygen atoms in total. The van der Waals surface area contributed by atoms with Crippen LogP contribution < -0.4 is 10.1 Å². The average molecular weight is 413 g/mol. The number of ether oxygens (including phenoxy) is 1. The normalized spacial score (nSPS) is 17.8. The first-order valence-electron chi connectivity index (χ1n) is 8.87. The molecule has 1 aliphatic heterocycles. The standard InChI is InChI=1S/C18H19F4N5O2/c1-10-16(25-26-17(23-10)24-12-4-3-5-27(2)8-12)15-13(19)6-11(18(20,21)22)7-14(15)29-9-28/h6-7,9,12H,3-5,8H2,1-2H3,(H,23,24,26)/t12-/m1/s1. The number of likely N-dealkylation sites (tertiary alicyclic amines) is 1. The van der Waals surface area contributed by atoms with E-state index >= 15 is 0 Å². The third kappa shape index (κ3) is 4.78. The van der Waals surface area contributed by atoms with Crippen molar-refractivity contribution in [2.75, 3.05) is 25.5 Å². The van der Waals surface area contributed by atoms with Crippen LogP contribution in [-0.4, -0.2) is 52.7 Å². The minimum atomic E-state index is -4.81. The van der Waals surface area contributed by atoms with Gasteiger partial charge in [-0.1, -0.05) is 0 Å². The predicted molar refractivity (Wildman–Crippen MR) is 95.8 cm³/mol. The highest BCUT2D eigenvalue weighted by Crippen LogP contribution is 2.39. The molecule has 0 unspecified atom stereocenters. The van der Waals surface area contributed by atoms with Gasteiger partial charge in [0.1, 0.15) is 17.3 Å². The molecule has 0 aliphatic carbocycles. The Kier molecular flexibility index (Phi) is 5.96. The molecule has 0 spiro atoms. The Balaban J connectivity index is 1.94. The maximum absolute atomic E-state index is 14.5. The lowest BCUT2D eigenvalue weighted by Gasteiger charge is -2.30. The summed E-state index contributed by atoms with van der Waals surface area (Å²) in [5.74, 6) is -1.62. The number of benzene rings is 1. The zero-order valence-corrected chi connectivity index (χ0v) is 15.8. The molecule has 3 rings (SSSR count). The molecule has 1 saturated heterocycles. The molecule has 0 radical (unpaired) electrons. The van der Waals surface area contributed by atoms with Crippen LogP contribution in [0, 0.1) is 12.7 Å². The van der Waals surface area contributed by atoms with Crippen molar-refractivity contribution >= 4 is 12.4 Å². The number of hydrogen-bond acceptors (Lipinski definition) is 7. The molecular weight excluding hydrogens is 394 g/mol. The van der Waals surface area contributed by atoms with Gasteiger partial charge in [-0.3, -0.25) is 4.79 Å². The van der Waals surface area contributed by atoms with E-state index in [0.717, 1.165) is 25.9 Å². The second-order valence-corrected chi connectivity index (χ2v) is 6.86. The smallest absolute Gasteiger partial charge is 0.416 e. The summed E-state index contributed by atoms with van der Waals surface area (Å²) in [6, 6.07) is 0.980. The van der Waals surface area contributed by atoms with Crippen molar-refractivity contribution in [3.05, 3.63) is 29.2 Å². The Bertz CT molecular complexity index is 907. The molecule has 0 bridgehead atoms. The van der Waals surface area contributed by atoms with Gasteiger partial charge >= 0.3 is 6.18 Å². The number of aromatic nitrogens is 3. The average Bonchev–Trinajstić information content (AvgIpc) is 2.62. The minimum absolute atomic E-state index is 0.0792. The van der Waals surface area contributed by atoms with Gasteiger partial charge < -0.3 is 15.0 Å². The van der Waals surface area contributed by atoms with Crippen molar-refractivity contribution in [2.24, 2.45) is 0 Å². The SMILES string of the molecule is Cc1nc(N[C@@H]2CCCN(C)C2)nnc1-c1c(F)cc(C(F)(F)F)cc1OC=O. The first-order chi connectivity index (χ1) is 13.7. The van der Waals surface area contributed by atoms with Crippen LogP contribution in [0.4, 0.5) is 23.5 Å². The Labute approximate surface area is 164 Å². The van der Waals surface area contributed by atoms with Gasteiger partial charge in [-0.15, -0.1) is 10.2 Å². The Morgan fingerprint density at radius 1 is 1.31 bits per heavy atom. The van der Waals surface area contributed by atoms with Gasteiger partial charge in [0.25, 0.3) is 6.47 Å². The number of halogens is 4. The van der Waals surface area contributed by atoms with Gasteiger partial charge in [0.2, 0.25) is 5.95 Å². The molecule has 2 aromatic rings. The molecule has 1 aromatic heterocycles. The molecular formula is C18H19F4N5O2. The molecule has 156 valence electrons. The summed E-state index contributed by atoms with van der Waals surface area (Å²) in [6.07, 6.45) is -2.86. The first-order valence-corrected chi connectivity index (χ1v) is 8.87. The van der Waals surface area contributed by atoms with E-state index in [1.807, 2.05) is 7.05 Å². The molecule has 1 aliphatic rings. The Morgan fingerprint density at radius 2 is 2.07 bits per heavy atom. The van der Waals surface area contributed by atoms with Gasteiger partial charge in [0.05, 0.1) is 16.8 Å². The van der Waals surface area contributed by atoms with Crippen molar-refractivity contribution in [3.8, 4) is 17.0 Å². The summed E-state index contributed by atoms with van der Waals surface area (Å²) in [4.78, 5) is 17.1. The van der Waals surface area contributed by atoms with E-state index in [1.165, 1.54) is 6.92 Å². The second kappa shape index (κ2) is 8.27. The Morgan fingerprint density at radius 3 is 2.69 bits per heavy atom. The highest BCUT2D eigenvalue weighted by molar-refractivity contribution is 5.72. The lowest BCUT2D eigenvalue weighted by Crippen LogP contribution is -2.40. The second-order valence-electron chi connectivity index (χ2n) is 6.86. The highest BCUT2D eigenvalue weighted by atomic mass is 19.4. The number of piperidine rings is 1. The molecule has 2 heterocycles. The number of nitrogens with one attached hydrogen (secondary N) is 1. The molecule has 11 heteroatoms. The zero-order chi connectivity index (χ0) is 21.2. The van der Waals surface area contributed by atoms with Crippen molar-refractivity contribution < 1.29 is 27.1 Å². The summed E-state index contributed by atoms with van der Waals surface area (Å²) in [6.45, 7) is 3.24. The van der Waals surface area contributed by atoms with Gasteiger partial charge in [-0.2, -0.15) is 13.2 Å². The van der Waals surface area contributed by atoms with E-state index in [2.05, 4.69) is 30.1 Å². The molecule has 1 fully saturated rings. The molecule has 0 amide bonds. The molecule has 29 heavy (non-hydrogen) atoms. The van der Waals surface area contributed by atoms with Gasteiger partial charge in [-0.05, 0) is 45.5 Å². The number of anilines is 1. The number of aryl methyl sites for hydroxylation is 1. The third-order valence-corrected chi connectivity index (χ3v) is 4.61. The van der Waals surface area contributed by atoms with Crippen LogP contribution in [0.2, 0.25) is 0 Å². The lowest BCUT2D eigenvalue weighted by atomic mass is 10.0. The van der Waals surface area contributed by atoms with Crippen molar-refractivity contribution in [3.63, 3.8) is 0 Å². The number of alkyl halides is 3. The van der Waals surface area contributed by atoms with E-state index in [9.17, 15) is 22.4 Å². The summed E-state index contributed by atoms with van der Waals surface area (Å²) in [5, 5.41) is 11.0. The van der Waals surface area contributed by atoms with Crippen molar-refractivity contribution in [1.82, 2.24) is 20.1 Å². The highest BCUT2D eigenvalue weighted by Gasteiger charge is 2.34. The summed E-state index contributed by atoms with van der Waals surface area (Å²) >= 11 is 0. The lowest BCUT2D eigenvalue weighted by molar-refractivity contribution is -0.138. The molecule has 1 atom stereocenters. The van der Waals surface area contributed by atoms with Gasteiger partial charge in [0, 0.05) is 12.6 Å². The summed E-state index contributed by atoms with van der Waals surface area (Å²) < 4.78 is 57.9. The molecule has 0 saturated carbocycles. The van der Waals surface area contributed by atoms with Crippen LogP contribution in [0.1, 0.15) is 24.1 Å². The third-order valence-electron chi connectivity index (χ3n) is 4.61. The number of nitrogens with zero attached hydrogens (tertiary/aromatic N) is 4. The topological polar surface area (TPSA) is 80.2 Å². The maximum Gasteiger partial charge on any atom is 0.416 e. The summed E-state index contributed by atoms with van der Waals surface area (Å²) in [7, 11) is 2.00. The number of carbonyl (C=O) groups is 1. The van der Waals surface area contributed by atoms with Crippen LogP contribution in [0.15, 0.2) is 12.1 Å². The van der Waals surface area contributed by atoms with E-state index in [4.69, 9.17) is 0 Å². The zero-order valence-electron chi connectivity index (χ0n) is 15.8. The van der Waals surface area contributed by atoms with Crippen LogP contribution in [0.5, 0.6) is 5.75 Å². The van der Waals surface area contributed by atoms with Crippen LogP contribution in [-0.2, 0) is 11.0 Å². The first kappa shape index (κ1) is 20.9. The van der Waals surface area contributed by atoms with E-state index in [-0.39, 0.29) is 29.9 Å². The molecule has 1 aromatic carbocycles. The maximum atomic E-state index is 14.5. The number of carbonyl (C=O) groups excluding carboxylic acids is 1. The van der Waals surface area contributed by atoms with Crippen LogP contribution in [0.3, 0.4) is 0 Å². The van der Waals surface area contributed by atoms with Gasteiger partial charge in [-0.25, -0.2) is 9.37 Å². The van der Waals surface area contributed by atoms with E-state index in [0.29, 0.717) is 12.1 Å². The number of hydrogen-bond donors (Lipinski definition) is 1. The largest absolute Gasteiger partial charge is 0.428 e. The fraction of sp³-hybridized carbons (Fsp3) is 0.444. The van der Waals surface area contributed by atoms with E-state index in [1.54, 1.807) is 0 Å². The quantitative estimate of drug-likeness (QED) is 0.596. The Hall–Kier alpha value is -2.82. The monoisotopic (exact) mass is 413 g/mol. The van der Waals surface area contributed by atoms with Crippen LogP contribution in [0.25, 0.3) is 11.3 Å². The van der Waals surface area contributed by atoms with Crippen LogP contribution >= 0.6 is 0 Å². The minimum Gasteiger partial charge on any atom is -0.428 e. The van der Waals surface area contributed by atoms with E-state index < -0.39 is 28.9 Å². The number of rotatable bonds is 5.